The van der Waals surface area contributed by atoms with Gasteiger partial charge in [0.05, 0.1) is 6.61 Å². The van der Waals surface area contributed by atoms with Crippen molar-refractivity contribution < 1.29 is 5.11 Å². The van der Waals surface area contributed by atoms with Crippen LogP contribution in [0.5, 0.6) is 0 Å². The molecule has 2 atom stereocenters. The predicted octanol–water partition coefficient (Wildman–Crippen LogP) is 2.57. The zero-order valence-electron chi connectivity index (χ0n) is 9.31. The van der Waals surface area contributed by atoms with Crippen LogP contribution in [0.25, 0.3) is 0 Å². The first kappa shape index (κ1) is 12.6. The maximum atomic E-state index is 8.94. The normalized spacial score (nSPS) is 14.9. The Balaban J connectivity index is 2.64. The van der Waals surface area contributed by atoms with Crippen LogP contribution in [0, 0.1) is 0 Å². The molecule has 0 saturated carbocycles. The molecule has 1 rings (SSSR count). The third-order valence-corrected chi connectivity index (χ3v) is 3.44. The molecular formula is C12H19NOS. The summed E-state index contributed by atoms with van der Waals surface area (Å²) in [5, 5.41) is 9.18. The Morgan fingerprint density at radius 1 is 1.33 bits per heavy atom. The van der Waals surface area contributed by atoms with E-state index in [0.29, 0.717) is 0 Å². The highest BCUT2D eigenvalue weighted by atomic mass is 32.2. The van der Waals surface area contributed by atoms with Gasteiger partial charge in [0.1, 0.15) is 0 Å². The van der Waals surface area contributed by atoms with Gasteiger partial charge in [-0.2, -0.15) is 0 Å². The minimum absolute atomic E-state index is 0.138. The van der Waals surface area contributed by atoms with E-state index in [0.717, 1.165) is 6.42 Å². The number of hydrogen-bond acceptors (Lipinski definition) is 3. The van der Waals surface area contributed by atoms with Gasteiger partial charge in [-0.3, -0.25) is 0 Å². The minimum atomic E-state index is 0.138. The topological polar surface area (TPSA) is 46.2 Å². The third kappa shape index (κ3) is 3.86. The van der Waals surface area contributed by atoms with Gasteiger partial charge in [-0.15, -0.1) is 11.8 Å². The number of aliphatic hydroxyl groups is 1. The van der Waals surface area contributed by atoms with Gasteiger partial charge >= 0.3 is 0 Å². The zero-order chi connectivity index (χ0) is 11.3. The molecule has 0 aromatic heterocycles. The van der Waals surface area contributed by atoms with E-state index < -0.39 is 0 Å². The van der Waals surface area contributed by atoms with Crippen molar-refractivity contribution in [2.45, 2.75) is 36.5 Å². The first-order chi connectivity index (χ1) is 7.17. The average molecular weight is 225 g/mol. The van der Waals surface area contributed by atoms with Crippen LogP contribution in [-0.4, -0.2) is 17.0 Å². The highest BCUT2D eigenvalue weighted by Crippen LogP contribution is 2.24. The summed E-state index contributed by atoms with van der Waals surface area (Å²) in [4.78, 5) is 1.18. The summed E-state index contributed by atoms with van der Waals surface area (Å²) in [6, 6.07) is 8.42. The summed E-state index contributed by atoms with van der Waals surface area (Å²) >= 11 is 1.68. The fourth-order valence-electron chi connectivity index (χ4n) is 1.30. The van der Waals surface area contributed by atoms with E-state index in [2.05, 4.69) is 31.2 Å². The van der Waals surface area contributed by atoms with Gasteiger partial charge in [0.2, 0.25) is 0 Å². The van der Waals surface area contributed by atoms with Crippen LogP contribution in [-0.2, 0) is 0 Å². The molecule has 0 saturated heterocycles. The highest BCUT2D eigenvalue weighted by molar-refractivity contribution is 8.00. The average Bonchev–Trinajstić information content (AvgIpc) is 2.29. The van der Waals surface area contributed by atoms with E-state index >= 15 is 0 Å². The second-order valence-corrected chi connectivity index (χ2v) is 5.21. The predicted molar refractivity (Wildman–Crippen MR) is 66.1 cm³/mol. The lowest BCUT2D eigenvalue weighted by atomic mass is 10.1. The number of rotatable bonds is 5. The fourth-order valence-corrected chi connectivity index (χ4v) is 2.13. The van der Waals surface area contributed by atoms with Crippen molar-refractivity contribution in [2.75, 3.05) is 6.61 Å². The molecule has 15 heavy (non-hydrogen) atoms. The molecule has 0 heterocycles. The fraction of sp³-hybridized carbons (Fsp3) is 0.500. The van der Waals surface area contributed by atoms with Gasteiger partial charge in [0.15, 0.2) is 0 Å². The Hall–Kier alpha value is -0.510. The molecule has 0 spiro atoms. The Labute approximate surface area is 95.9 Å². The van der Waals surface area contributed by atoms with Crippen LogP contribution in [0.1, 0.15) is 31.9 Å². The Bertz CT molecular complexity index is 286. The van der Waals surface area contributed by atoms with Gasteiger partial charge in [-0.1, -0.05) is 26.0 Å². The molecule has 0 fully saturated rings. The van der Waals surface area contributed by atoms with Crippen LogP contribution in [0.3, 0.4) is 0 Å². The van der Waals surface area contributed by atoms with Crippen molar-refractivity contribution in [3.05, 3.63) is 29.8 Å². The molecule has 0 radical (unpaired) electrons. The largest absolute Gasteiger partial charge is 0.395 e. The maximum Gasteiger partial charge on any atom is 0.0550 e. The van der Waals surface area contributed by atoms with Gasteiger partial charge in [-0.05, 0) is 24.1 Å². The number of thioether (sulfide) groups is 1. The molecular weight excluding hydrogens is 206 g/mol. The lowest BCUT2D eigenvalue weighted by Crippen LogP contribution is -2.08. The van der Waals surface area contributed by atoms with Crippen LogP contribution in [0.2, 0.25) is 0 Å². The second-order valence-electron chi connectivity index (χ2n) is 3.69. The molecule has 1 aromatic rings. The van der Waals surface area contributed by atoms with E-state index in [4.69, 9.17) is 10.8 Å². The summed E-state index contributed by atoms with van der Waals surface area (Å²) < 4.78 is 0. The number of aliphatic hydroxyl groups excluding tert-OH is 1. The number of hydrogen-bond donors (Lipinski definition) is 2. The lowest BCUT2D eigenvalue weighted by Gasteiger charge is -2.11. The Kier molecular flexibility index (Phi) is 5.15. The van der Waals surface area contributed by atoms with Gasteiger partial charge in [0.25, 0.3) is 0 Å². The first-order valence-electron chi connectivity index (χ1n) is 5.30. The van der Waals surface area contributed by atoms with Crippen LogP contribution in [0.15, 0.2) is 29.2 Å². The van der Waals surface area contributed by atoms with Crippen LogP contribution in [0.4, 0.5) is 0 Å². The van der Waals surface area contributed by atoms with Crippen molar-refractivity contribution in [3.8, 4) is 0 Å². The molecule has 1 aromatic carbocycles. The smallest absolute Gasteiger partial charge is 0.0550 e. The zero-order valence-corrected chi connectivity index (χ0v) is 10.1. The van der Waals surface area contributed by atoms with Gasteiger partial charge in [-0.25, -0.2) is 0 Å². The number of benzene rings is 1. The van der Waals surface area contributed by atoms with E-state index in [1.165, 1.54) is 10.5 Å². The second kappa shape index (κ2) is 6.16. The SMILES string of the molecule is CC[C@@H](N)c1ccc(SC(C)CO)cc1. The Morgan fingerprint density at radius 2 is 1.93 bits per heavy atom. The molecule has 0 amide bonds. The molecule has 3 heteroatoms. The van der Waals surface area contributed by atoms with Crippen molar-refractivity contribution in [3.63, 3.8) is 0 Å². The van der Waals surface area contributed by atoms with Crippen molar-refractivity contribution in [2.24, 2.45) is 5.73 Å². The minimum Gasteiger partial charge on any atom is -0.395 e. The molecule has 1 unspecified atom stereocenters. The molecule has 0 aliphatic rings. The molecule has 3 N–H and O–H groups in total. The third-order valence-electron chi connectivity index (χ3n) is 2.34. The summed E-state index contributed by atoms with van der Waals surface area (Å²) in [6.07, 6.45) is 0.958. The van der Waals surface area contributed by atoms with Gasteiger partial charge < -0.3 is 10.8 Å². The molecule has 0 aliphatic heterocycles. The quantitative estimate of drug-likeness (QED) is 0.757. The van der Waals surface area contributed by atoms with Crippen molar-refractivity contribution >= 4 is 11.8 Å². The Morgan fingerprint density at radius 3 is 2.40 bits per heavy atom. The van der Waals surface area contributed by atoms with E-state index in [-0.39, 0.29) is 17.9 Å². The van der Waals surface area contributed by atoms with E-state index in [1.54, 1.807) is 11.8 Å². The van der Waals surface area contributed by atoms with Crippen molar-refractivity contribution in [1.82, 2.24) is 0 Å². The van der Waals surface area contributed by atoms with E-state index in [1.807, 2.05) is 6.92 Å². The lowest BCUT2D eigenvalue weighted by molar-refractivity contribution is 0.300. The summed E-state index contributed by atoms with van der Waals surface area (Å²) in [6.45, 7) is 4.30. The van der Waals surface area contributed by atoms with Crippen molar-refractivity contribution in [1.29, 1.82) is 0 Å². The van der Waals surface area contributed by atoms with Gasteiger partial charge in [0, 0.05) is 16.2 Å². The molecule has 0 bridgehead atoms. The van der Waals surface area contributed by atoms with E-state index in [9.17, 15) is 0 Å². The summed E-state index contributed by atoms with van der Waals surface area (Å²) in [5.41, 5.74) is 7.10. The van der Waals surface area contributed by atoms with Crippen LogP contribution < -0.4 is 5.73 Å². The maximum absolute atomic E-state index is 8.94. The molecule has 0 aliphatic carbocycles. The molecule has 2 nitrogen and oxygen atoms in total. The molecule has 84 valence electrons. The van der Waals surface area contributed by atoms with Crippen LogP contribution >= 0.6 is 11.8 Å². The summed E-state index contributed by atoms with van der Waals surface area (Å²) in [7, 11) is 0. The standard InChI is InChI=1S/C12H19NOS/c1-3-12(13)10-4-6-11(7-5-10)15-9(2)8-14/h4-7,9,12,14H,3,8,13H2,1-2H3/t9?,12-/m1/s1. The highest BCUT2D eigenvalue weighted by Gasteiger charge is 2.05. The number of nitrogens with two attached hydrogens (primary N) is 1. The monoisotopic (exact) mass is 225 g/mol. The summed E-state index contributed by atoms with van der Waals surface area (Å²) in [5.74, 6) is 0. The first-order valence-corrected chi connectivity index (χ1v) is 6.18.